The predicted molar refractivity (Wildman–Crippen MR) is 103 cm³/mol. The number of imidazole rings is 1. The molecule has 2 aromatic rings. The van der Waals surface area contributed by atoms with Crippen LogP contribution in [0.3, 0.4) is 0 Å². The molecular formula is C19H26N3O4S+. The molecule has 2 atom stereocenters. The fourth-order valence-electron chi connectivity index (χ4n) is 3.71. The van der Waals surface area contributed by atoms with Gasteiger partial charge in [0.05, 0.1) is 27.9 Å². The molecule has 1 N–H and O–H groups in total. The lowest BCUT2D eigenvalue weighted by Crippen LogP contribution is -3.12. The van der Waals surface area contributed by atoms with E-state index in [1.165, 1.54) is 17.6 Å². The largest absolute Gasteiger partial charge is 0.493 e. The van der Waals surface area contributed by atoms with Gasteiger partial charge in [-0.05, 0) is 29.9 Å². The second kappa shape index (κ2) is 8.14. The van der Waals surface area contributed by atoms with Gasteiger partial charge in [-0.2, -0.15) is 0 Å². The number of aromatic nitrogens is 2. The number of hydrogen-bond donors (Lipinski definition) is 1. The van der Waals surface area contributed by atoms with Crippen LogP contribution in [0.2, 0.25) is 0 Å². The number of fused-ring (bicyclic) bond motifs is 1. The molecule has 2 heterocycles. The van der Waals surface area contributed by atoms with Crippen LogP contribution >= 0.6 is 12.2 Å². The summed E-state index contributed by atoms with van der Waals surface area (Å²) in [5.74, 6) is 1.15. The quantitative estimate of drug-likeness (QED) is 0.593. The fourth-order valence-corrected chi connectivity index (χ4v) is 3.90. The Balaban J connectivity index is 1.99. The van der Waals surface area contributed by atoms with Crippen molar-refractivity contribution in [1.29, 1.82) is 0 Å². The molecule has 1 aromatic carbocycles. The zero-order valence-corrected chi connectivity index (χ0v) is 17.0. The molecule has 3 rings (SSSR count). The second-order valence-electron chi connectivity index (χ2n) is 6.72. The molecule has 0 bridgehead atoms. The molecule has 146 valence electrons. The van der Waals surface area contributed by atoms with Crippen LogP contribution < -0.4 is 14.4 Å². The van der Waals surface area contributed by atoms with Gasteiger partial charge in [-0.3, -0.25) is 9.36 Å². The van der Waals surface area contributed by atoms with Crippen molar-refractivity contribution < 1.29 is 23.9 Å². The van der Waals surface area contributed by atoms with Crippen LogP contribution in [0.4, 0.5) is 0 Å². The summed E-state index contributed by atoms with van der Waals surface area (Å²) < 4.78 is 20.6. The number of quaternary nitrogens is 1. The van der Waals surface area contributed by atoms with Crippen LogP contribution in [-0.4, -0.2) is 43.0 Å². The lowest BCUT2D eigenvalue weighted by molar-refractivity contribution is -0.955. The Hall–Kier alpha value is -2.32. The van der Waals surface area contributed by atoms with Crippen LogP contribution in [0, 0.1) is 4.77 Å². The molecule has 0 fully saturated rings. The molecule has 0 saturated heterocycles. The second-order valence-corrected chi connectivity index (χ2v) is 7.08. The third-order valence-corrected chi connectivity index (χ3v) is 5.74. The number of nitrogens with one attached hydrogen (secondary N) is 1. The molecular weight excluding hydrogens is 366 g/mol. The highest BCUT2D eigenvalue weighted by Crippen LogP contribution is 2.35. The average molecular weight is 393 g/mol. The van der Waals surface area contributed by atoms with Gasteiger partial charge in [0.2, 0.25) is 0 Å². The molecule has 1 unspecified atom stereocenters. The van der Waals surface area contributed by atoms with Crippen molar-refractivity contribution in [3.05, 3.63) is 40.4 Å². The summed E-state index contributed by atoms with van der Waals surface area (Å²) in [5.41, 5.74) is 2.28. The summed E-state index contributed by atoms with van der Waals surface area (Å²) in [5, 5.41) is 0. The van der Waals surface area contributed by atoms with Crippen LogP contribution in [0.5, 0.6) is 11.5 Å². The third-order valence-electron chi connectivity index (χ3n) is 5.22. The van der Waals surface area contributed by atoms with Gasteiger partial charge in [0.25, 0.3) is 0 Å². The van der Waals surface area contributed by atoms with Gasteiger partial charge in [-0.25, -0.2) is 0 Å². The predicted octanol–water partition coefficient (Wildman–Crippen LogP) is 1.28. The fraction of sp³-hybridized carbons (Fsp3) is 0.474. The number of ether oxygens (including phenoxy) is 3. The molecule has 27 heavy (non-hydrogen) atoms. The van der Waals surface area contributed by atoms with Crippen molar-refractivity contribution in [2.24, 2.45) is 7.05 Å². The van der Waals surface area contributed by atoms with E-state index in [2.05, 4.69) is 0 Å². The molecule has 1 aliphatic rings. The Labute approximate surface area is 164 Å². The van der Waals surface area contributed by atoms with Gasteiger partial charge in [-0.15, -0.1) is 0 Å². The Morgan fingerprint density at radius 2 is 1.93 bits per heavy atom. The van der Waals surface area contributed by atoms with Gasteiger partial charge in [0.1, 0.15) is 12.5 Å². The summed E-state index contributed by atoms with van der Waals surface area (Å²) in [6, 6.07) is 3.97. The maximum Gasteiger partial charge on any atom is 0.311 e. The monoisotopic (exact) mass is 392 g/mol. The highest BCUT2D eigenvalue weighted by molar-refractivity contribution is 7.71. The SMILES string of the molecule is COC(=O)C[C@@H]1c2cc(OC)c(OC)cc2CC[NH+]1Cn1ccn(C)c1=S. The topological polar surface area (TPSA) is 59.1 Å². The van der Waals surface area contributed by atoms with Crippen molar-refractivity contribution in [3.8, 4) is 11.5 Å². The first kappa shape index (κ1) is 19.4. The lowest BCUT2D eigenvalue weighted by Gasteiger charge is -2.34. The number of aryl methyl sites for hydroxylation is 1. The standard InChI is InChI=1S/C19H25N3O4S/c1-20-7-8-22(19(20)27)12-21-6-5-13-9-16(24-2)17(25-3)10-14(13)15(21)11-18(23)26-4/h7-10,15H,5-6,11-12H2,1-4H3/p+1/t15-/m1/s1. The first-order chi connectivity index (χ1) is 13.0. The number of carbonyl (C=O) groups is 1. The van der Waals surface area contributed by atoms with E-state index < -0.39 is 0 Å². The third kappa shape index (κ3) is 3.86. The molecule has 0 saturated carbocycles. The number of carbonyl (C=O) groups excluding carboxylic acids is 1. The lowest BCUT2D eigenvalue weighted by atomic mass is 9.90. The van der Waals surface area contributed by atoms with E-state index in [4.69, 9.17) is 26.4 Å². The van der Waals surface area contributed by atoms with E-state index in [0.29, 0.717) is 24.6 Å². The van der Waals surface area contributed by atoms with Crippen LogP contribution in [0.15, 0.2) is 24.5 Å². The van der Waals surface area contributed by atoms with Crippen molar-refractivity contribution in [2.45, 2.75) is 25.6 Å². The summed E-state index contributed by atoms with van der Waals surface area (Å²) in [4.78, 5) is 13.4. The number of rotatable bonds is 6. The maximum atomic E-state index is 12.1. The van der Waals surface area contributed by atoms with Crippen molar-refractivity contribution in [1.82, 2.24) is 9.13 Å². The average Bonchev–Trinajstić information content (AvgIpc) is 3.00. The molecule has 0 radical (unpaired) electrons. The Morgan fingerprint density at radius 3 is 2.52 bits per heavy atom. The minimum absolute atomic E-state index is 0.0388. The van der Waals surface area contributed by atoms with Gasteiger partial charge >= 0.3 is 5.97 Å². The molecule has 7 nitrogen and oxygen atoms in total. The summed E-state index contributed by atoms with van der Waals surface area (Å²) in [6.07, 6.45) is 5.12. The molecule has 0 spiro atoms. The maximum absolute atomic E-state index is 12.1. The molecule has 1 aliphatic heterocycles. The van der Waals surface area contributed by atoms with E-state index in [9.17, 15) is 4.79 Å². The summed E-state index contributed by atoms with van der Waals surface area (Å²) in [6.45, 7) is 1.58. The highest BCUT2D eigenvalue weighted by atomic mass is 32.1. The van der Waals surface area contributed by atoms with Gasteiger partial charge in [0.15, 0.2) is 22.9 Å². The van der Waals surface area contributed by atoms with Gasteiger partial charge in [-0.1, -0.05) is 0 Å². The van der Waals surface area contributed by atoms with Crippen molar-refractivity contribution in [2.75, 3.05) is 27.9 Å². The van der Waals surface area contributed by atoms with Crippen molar-refractivity contribution in [3.63, 3.8) is 0 Å². The van der Waals surface area contributed by atoms with Crippen LogP contribution in [-0.2, 0) is 29.7 Å². The normalized spacial score (nSPS) is 18.7. The zero-order valence-electron chi connectivity index (χ0n) is 16.2. The molecule has 0 amide bonds. The van der Waals surface area contributed by atoms with E-state index in [-0.39, 0.29) is 12.0 Å². The van der Waals surface area contributed by atoms with Crippen LogP contribution in [0.25, 0.3) is 0 Å². The van der Waals surface area contributed by atoms with E-state index in [1.54, 1.807) is 14.2 Å². The number of hydrogen-bond acceptors (Lipinski definition) is 5. The van der Waals surface area contributed by atoms with Gasteiger partial charge in [0, 0.05) is 31.4 Å². The first-order valence-corrected chi connectivity index (χ1v) is 9.27. The minimum atomic E-state index is -0.225. The van der Waals surface area contributed by atoms with Crippen molar-refractivity contribution >= 4 is 18.2 Å². The number of methoxy groups -OCH3 is 3. The molecule has 0 aliphatic carbocycles. The molecule has 1 aromatic heterocycles. The number of nitrogens with zero attached hydrogens (tertiary/aromatic N) is 2. The Morgan fingerprint density at radius 1 is 1.22 bits per heavy atom. The van der Waals surface area contributed by atoms with E-state index in [1.807, 2.05) is 40.7 Å². The Bertz CT molecular complexity index is 890. The minimum Gasteiger partial charge on any atom is -0.493 e. The van der Waals surface area contributed by atoms with E-state index in [0.717, 1.165) is 23.3 Å². The zero-order chi connectivity index (χ0) is 19.6. The smallest absolute Gasteiger partial charge is 0.311 e. The summed E-state index contributed by atoms with van der Waals surface area (Å²) in [7, 11) is 6.61. The summed E-state index contributed by atoms with van der Waals surface area (Å²) >= 11 is 5.48. The highest BCUT2D eigenvalue weighted by Gasteiger charge is 2.34. The van der Waals surface area contributed by atoms with Crippen LogP contribution in [0.1, 0.15) is 23.6 Å². The Kier molecular flexibility index (Phi) is 5.86. The number of esters is 1. The van der Waals surface area contributed by atoms with E-state index >= 15 is 0 Å². The first-order valence-electron chi connectivity index (χ1n) is 8.86. The number of benzene rings is 1. The molecule has 8 heteroatoms. The van der Waals surface area contributed by atoms with Gasteiger partial charge < -0.3 is 23.7 Å².